The third-order valence-corrected chi connectivity index (χ3v) is 6.30. The van der Waals surface area contributed by atoms with Gasteiger partial charge in [-0.25, -0.2) is 4.98 Å². The SMILES string of the molecule is CN1C2CCC1CC(c1nc(C(C)(C)C)c(CN)s1)C2. The van der Waals surface area contributed by atoms with E-state index in [4.69, 9.17) is 10.7 Å². The van der Waals surface area contributed by atoms with Crippen molar-refractivity contribution in [2.75, 3.05) is 7.05 Å². The highest BCUT2D eigenvalue weighted by atomic mass is 32.1. The zero-order valence-corrected chi connectivity index (χ0v) is 14.0. The molecular formula is C16H27N3S. The van der Waals surface area contributed by atoms with Crippen LogP contribution in [0.4, 0.5) is 0 Å². The summed E-state index contributed by atoms with van der Waals surface area (Å²) >= 11 is 1.87. The van der Waals surface area contributed by atoms with E-state index in [1.165, 1.54) is 41.3 Å². The van der Waals surface area contributed by atoms with E-state index in [-0.39, 0.29) is 5.41 Å². The van der Waals surface area contributed by atoms with Crippen LogP contribution in [0, 0.1) is 0 Å². The molecule has 2 saturated heterocycles. The minimum Gasteiger partial charge on any atom is -0.326 e. The first-order valence-corrected chi connectivity index (χ1v) is 8.64. The second-order valence-corrected chi connectivity index (χ2v) is 8.61. The fourth-order valence-corrected chi connectivity index (χ4v) is 5.16. The Morgan fingerprint density at radius 3 is 2.30 bits per heavy atom. The highest BCUT2D eigenvalue weighted by Crippen LogP contribution is 2.44. The van der Waals surface area contributed by atoms with Crippen molar-refractivity contribution in [2.24, 2.45) is 5.73 Å². The van der Waals surface area contributed by atoms with Crippen LogP contribution in [0.2, 0.25) is 0 Å². The van der Waals surface area contributed by atoms with Crippen LogP contribution in [-0.2, 0) is 12.0 Å². The highest BCUT2D eigenvalue weighted by molar-refractivity contribution is 7.11. The van der Waals surface area contributed by atoms with Crippen LogP contribution in [0.25, 0.3) is 0 Å². The van der Waals surface area contributed by atoms with Crippen molar-refractivity contribution in [3.8, 4) is 0 Å². The summed E-state index contributed by atoms with van der Waals surface area (Å²) in [4.78, 5) is 8.90. The Kier molecular flexibility index (Phi) is 3.68. The van der Waals surface area contributed by atoms with Crippen LogP contribution in [0.1, 0.15) is 68.0 Å². The Morgan fingerprint density at radius 2 is 1.85 bits per heavy atom. The van der Waals surface area contributed by atoms with E-state index in [1.54, 1.807) is 0 Å². The van der Waals surface area contributed by atoms with Gasteiger partial charge in [0.25, 0.3) is 0 Å². The number of rotatable bonds is 2. The molecule has 2 atom stereocenters. The van der Waals surface area contributed by atoms with E-state index in [2.05, 4.69) is 32.7 Å². The van der Waals surface area contributed by atoms with Crippen LogP contribution >= 0.6 is 11.3 Å². The number of nitrogens with two attached hydrogens (primary N) is 1. The molecule has 2 aliphatic rings. The molecule has 3 nitrogen and oxygen atoms in total. The number of hydrogen-bond acceptors (Lipinski definition) is 4. The lowest BCUT2D eigenvalue weighted by molar-refractivity contribution is 0.161. The van der Waals surface area contributed by atoms with Gasteiger partial charge in [0.15, 0.2) is 0 Å². The molecule has 2 unspecified atom stereocenters. The van der Waals surface area contributed by atoms with Gasteiger partial charge < -0.3 is 10.6 Å². The van der Waals surface area contributed by atoms with Crippen LogP contribution in [0.15, 0.2) is 0 Å². The largest absolute Gasteiger partial charge is 0.326 e. The quantitative estimate of drug-likeness (QED) is 0.910. The maximum absolute atomic E-state index is 5.94. The van der Waals surface area contributed by atoms with Crippen molar-refractivity contribution in [2.45, 2.75) is 76.4 Å². The molecule has 0 spiro atoms. The molecule has 0 radical (unpaired) electrons. The topological polar surface area (TPSA) is 42.2 Å². The predicted octanol–water partition coefficient (Wildman–Crippen LogP) is 3.24. The van der Waals surface area contributed by atoms with Gasteiger partial charge in [-0.1, -0.05) is 20.8 Å². The molecule has 2 bridgehead atoms. The molecule has 2 aliphatic heterocycles. The maximum atomic E-state index is 5.94. The van der Waals surface area contributed by atoms with Gasteiger partial charge in [-0.2, -0.15) is 0 Å². The van der Waals surface area contributed by atoms with Crippen molar-refractivity contribution in [1.29, 1.82) is 0 Å². The molecule has 1 aromatic heterocycles. The van der Waals surface area contributed by atoms with Crippen LogP contribution in [0.5, 0.6) is 0 Å². The third kappa shape index (κ3) is 2.42. The van der Waals surface area contributed by atoms with Gasteiger partial charge in [0.2, 0.25) is 0 Å². The molecule has 2 fully saturated rings. The molecule has 0 aromatic carbocycles. The molecule has 20 heavy (non-hydrogen) atoms. The van der Waals surface area contributed by atoms with Crippen LogP contribution in [0.3, 0.4) is 0 Å². The van der Waals surface area contributed by atoms with Crippen molar-refractivity contribution in [3.05, 3.63) is 15.6 Å². The minimum absolute atomic E-state index is 0.105. The van der Waals surface area contributed by atoms with Gasteiger partial charge in [0.05, 0.1) is 10.7 Å². The summed E-state index contributed by atoms with van der Waals surface area (Å²) in [6, 6.07) is 1.56. The monoisotopic (exact) mass is 293 g/mol. The predicted molar refractivity (Wildman–Crippen MR) is 85.3 cm³/mol. The first-order valence-electron chi connectivity index (χ1n) is 7.82. The van der Waals surface area contributed by atoms with Gasteiger partial charge in [0, 0.05) is 34.8 Å². The van der Waals surface area contributed by atoms with Gasteiger partial charge in [0.1, 0.15) is 0 Å². The molecule has 0 aliphatic carbocycles. The van der Waals surface area contributed by atoms with Gasteiger partial charge in [-0.15, -0.1) is 11.3 Å². The summed E-state index contributed by atoms with van der Waals surface area (Å²) in [6.07, 6.45) is 5.32. The van der Waals surface area contributed by atoms with E-state index in [0.717, 1.165) is 12.1 Å². The fourth-order valence-electron chi connectivity index (χ4n) is 3.88. The van der Waals surface area contributed by atoms with E-state index >= 15 is 0 Å². The van der Waals surface area contributed by atoms with Gasteiger partial charge >= 0.3 is 0 Å². The maximum Gasteiger partial charge on any atom is 0.0963 e. The smallest absolute Gasteiger partial charge is 0.0963 e. The summed E-state index contributed by atoms with van der Waals surface area (Å²) in [5, 5.41) is 1.35. The Labute approximate surface area is 126 Å². The minimum atomic E-state index is 0.105. The van der Waals surface area contributed by atoms with Crippen LogP contribution in [-0.4, -0.2) is 29.0 Å². The molecule has 0 saturated carbocycles. The number of hydrogen-bond donors (Lipinski definition) is 1. The standard InChI is InChI=1S/C16H27N3S/c1-16(2,3)14-13(9-17)20-15(18-14)10-7-11-5-6-12(8-10)19(11)4/h10-12H,5-9,17H2,1-4H3. The van der Waals surface area contributed by atoms with E-state index in [0.29, 0.717) is 12.5 Å². The number of nitrogens with zero attached hydrogens (tertiary/aromatic N) is 2. The Balaban J connectivity index is 1.87. The highest BCUT2D eigenvalue weighted by Gasteiger charge is 2.40. The van der Waals surface area contributed by atoms with Crippen molar-refractivity contribution in [1.82, 2.24) is 9.88 Å². The number of piperidine rings is 1. The molecule has 4 heteroatoms. The summed E-state index contributed by atoms with van der Waals surface area (Å²) in [7, 11) is 2.30. The number of fused-ring (bicyclic) bond motifs is 2. The number of aromatic nitrogens is 1. The number of thiazole rings is 1. The van der Waals surface area contributed by atoms with Gasteiger partial charge in [-0.3, -0.25) is 0 Å². The third-order valence-electron chi connectivity index (χ3n) is 5.06. The zero-order chi connectivity index (χ0) is 14.5. The molecule has 0 amide bonds. The Hall–Kier alpha value is -0.450. The second-order valence-electron chi connectivity index (χ2n) is 7.50. The molecule has 2 N–H and O–H groups in total. The Bertz CT molecular complexity index is 474. The summed E-state index contributed by atoms with van der Waals surface area (Å²) < 4.78 is 0. The first-order chi connectivity index (χ1) is 9.40. The fraction of sp³-hybridized carbons (Fsp3) is 0.812. The average molecular weight is 293 g/mol. The summed E-state index contributed by atoms with van der Waals surface area (Å²) in [5.41, 5.74) is 7.27. The molecule has 112 valence electrons. The molecule has 1 aromatic rings. The van der Waals surface area contributed by atoms with E-state index in [9.17, 15) is 0 Å². The summed E-state index contributed by atoms with van der Waals surface area (Å²) in [5.74, 6) is 0.662. The van der Waals surface area contributed by atoms with Gasteiger partial charge in [-0.05, 0) is 32.7 Å². The van der Waals surface area contributed by atoms with Crippen LogP contribution < -0.4 is 5.73 Å². The average Bonchev–Trinajstić information content (AvgIpc) is 2.88. The molecule has 3 rings (SSSR count). The lowest BCUT2D eigenvalue weighted by atomic mass is 9.90. The van der Waals surface area contributed by atoms with E-state index in [1.807, 2.05) is 11.3 Å². The van der Waals surface area contributed by atoms with Crippen molar-refractivity contribution < 1.29 is 0 Å². The molecule has 3 heterocycles. The lowest BCUT2D eigenvalue weighted by Gasteiger charge is -2.35. The lowest BCUT2D eigenvalue weighted by Crippen LogP contribution is -2.39. The first kappa shape index (κ1) is 14.5. The van der Waals surface area contributed by atoms with Crippen molar-refractivity contribution >= 4 is 11.3 Å². The second kappa shape index (κ2) is 5.08. The zero-order valence-electron chi connectivity index (χ0n) is 13.1. The molecular weight excluding hydrogens is 266 g/mol. The normalized spacial score (nSPS) is 30.9. The van der Waals surface area contributed by atoms with Crippen molar-refractivity contribution in [3.63, 3.8) is 0 Å². The Morgan fingerprint density at radius 1 is 1.25 bits per heavy atom. The summed E-state index contributed by atoms with van der Waals surface area (Å²) in [6.45, 7) is 7.35. The van der Waals surface area contributed by atoms with E-state index < -0.39 is 0 Å².